The van der Waals surface area contributed by atoms with Crippen LogP contribution in [-0.2, 0) is 15.7 Å². The van der Waals surface area contributed by atoms with E-state index in [0.29, 0.717) is 22.6 Å². The van der Waals surface area contributed by atoms with Crippen LogP contribution < -0.4 is 11.1 Å². The van der Waals surface area contributed by atoms with Crippen molar-refractivity contribution < 1.29 is 18.9 Å². The molecule has 10 nitrogen and oxygen atoms in total. The summed E-state index contributed by atoms with van der Waals surface area (Å²) in [5, 5.41) is 18.1. The zero-order valence-corrected chi connectivity index (χ0v) is 16.1. The molecule has 0 amide bonds. The van der Waals surface area contributed by atoms with E-state index in [4.69, 9.17) is 20.9 Å². The molecule has 12 heteroatoms. The van der Waals surface area contributed by atoms with Gasteiger partial charge in [-0.2, -0.15) is 0 Å². The maximum absolute atomic E-state index is 10.8. The van der Waals surface area contributed by atoms with Crippen LogP contribution in [0.3, 0.4) is 0 Å². The number of benzene rings is 2. The molecule has 0 aliphatic rings. The topological polar surface area (TPSA) is 159 Å². The number of halogens is 1. The van der Waals surface area contributed by atoms with E-state index in [2.05, 4.69) is 20.2 Å². The van der Waals surface area contributed by atoms with Crippen molar-refractivity contribution in [2.75, 3.05) is 5.32 Å². The molecule has 0 radical (unpaired) electrons. The summed E-state index contributed by atoms with van der Waals surface area (Å²) >= 11 is 0. The van der Waals surface area contributed by atoms with Crippen LogP contribution in [0.5, 0.6) is 0 Å². The minimum Gasteiger partial charge on any atom is -0.370 e. The maximum Gasteiger partial charge on any atom is 0.469 e. The maximum atomic E-state index is 10.8. The van der Waals surface area contributed by atoms with Crippen molar-refractivity contribution in [1.82, 2.24) is 15.0 Å². The van der Waals surface area contributed by atoms with Crippen molar-refractivity contribution in [3.63, 3.8) is 0 Å². The Bertz CT molecular complexity index is 1000. The van der Waals surface area contributed by atoms with Gasteiger partial charge in [0.05, 0.1) is 18.5 Å². The highest BCUT2D eigenvalue weighted by Crippen LogP contribution is 2.37. The molecule has 2 aromatic carbocycles. The summed E-state index contributed by atoms with van der Waals surface area (Å²) in [5.41, 5.74) is 8.72. The normalized spacial score (nSPS) is 10.9. The van der Waals surface area contributed by atoms with E-state index >= 15 is 0 Å². The van der Waals surface area contributed by atoms with Gasteiger partial charge < -0.3 is 20.8 Å². The van der Waals surface area contributed by atoms with E-state index in [0.717, 1.165) is 5.56 Å². The summed E-state index contributed by atoms with van der Waals surface area (Å²) in [5.74, 6) is -0.142. The molecule has 148 valence electrons. The number of hydrogen-bond donors (Lipinski definition) is 5. The Balaban J connectivity index is 0.00000280. The fourth-order valence-electron chi connectivity index (χ4n) is 2.35. The van der Waals surface area contributed by atoms with Gasteiger partial charge in [0, 0.05) is 11.3 Å². The molecular formula is C16H18ClN6O4P. The second-order valence-corrected chi connectivity index (χ2v) is 6.84. The molecule has 0 aliphatic heterocycles. The number of nitrogens with two attached hydrogens (primary N) is 1. The Hall–Kier alpha value is -2.75. The summed E-state index contributed by atoms with van der Waals surface area (Å²) in [4.78, 5) is 17.6. The Morgan fingerprint density at radius 3 is 2.61 bits per heavy atom. The number of rotatable bonds is 6. The van der Waals surface area contributed by atoms with Gasteiger partial charge in [-0.15, -0.1) is 17.5 Å². The van der Waals surface area contributed by atoms with E-state index in [9.17, 15) is 4.57 Å². The van der Waals surface area contributed by atoms with E-state index in [1.54, 1.807) is 47.3 Å². The molecule has 0 saturated carbocycles. The summed E-state index contributed by atoms with van der Waals surface area (Å²) < 4.78 is 16.9. The van der Waals surface area contributed by atoms with Crippen LogP contribution in [0, 0.1) is 5.41 Å². The lowest BCUT2D eigenvalue weighted by molar-refractivity contribution is 0.189. The predicted molar refractivity (Wildman–Crippen MR) is 106 cm³/mol. The Labute approximate surface area is 166 Å². The monoisotopic (exact) mass is 424 g/mol. The standard InChI is InChI=1S/C16H17N6O4P.ClH/c17-16(18)19-13-6-4-12(5-7-13)15-9-22(21-20-15)14-3-1-2-11(8-14)10-26-27(23,24)25;/h1-9H,10H2,(H4,17,18,19)(H2,23,24,25);1H. The van der Waals surface area contributed by atoms with Crippen molar-refractivity contribution in [1.29, 1.82) is 5.41 Å². The molecular weight excluding hydrogens is 407 g/mol. The van der Waals surface area contributed by atoms with Gasteiger partial charge in [-0.05, 0) is 29.8 Å². The molecule has 0 saturated heterocycles. The number of nitrogens with zero attached hydrogens (tertiary/aromatic N) is 3. The van der Waals surface area contributed by atoms with Crippen molar-refractivity contribution in [3.8, 4) is 16.9 Å². The summed E-state index contributed by atoms with van der Waals surface area (Å²) in [6.07, 6.45) is 1.73. The van der Waals surface area contributed by atoms with Crippen LogP contribution in [0.2, 0.25) is 0 Å². The Morgan fingerprint density at radius 1 is 1.25 bits per heavy atom. The molecule has 28 heavy (non-hydrogen) atoms. The first kappa shape index (κ1) is 21.5. The van der Waals surface area contributed by atoms with E-state index in [1.807, 2.05) is 12.1 Å². The van der Waals surface area contributed by atoms with E-state index in [1.165, 1.54) is 0 Å². The van der Waals surface area contributed by atoms with Crippen LogP contribution in [-0.4, -0.2) is 30.7 Å². The largest absolute Gasteiger partial charge is 0.469 e. The molecule has 0 fully saturated rings. The number of aromatic nitrogens is 3. The van der Waals surface area contributed by atoms with Crippen LogP contribution in [0.1, 0.15) is 5.56 Å². The lowest BCUT2D eigenvalue weighted by Gasteiger charge is -2.07. The molecule has 3 aromatic rings. The van der Waals surface area contributed by atoms with Crippen LogP contribution in [0.25, 0.3) is 16.9 Å². The number of hydrogen-bond acceptors (Lipinski definition) is 5. The molecule has 0 spiro atoms. The fourth-order valence-corrected chi connectivity index (χ4v) is 2.67. The van der Waals surface area contributed by atoms with E-state index in [-0.39, 0.29) is 25.0 Å². The van der Waals surface area contributed by atoms with Crippen LogP contribution >= 0.6 is 20.2 Å². The average molecular weight is 425 g/mol. The second kappa shape index (κ2) is 8.96. The first-order chi connectivity index (χ1) is 12.8. The highest BCUT2D eigenvalue weighted by molar-refractivity contribution is 7.46. The molecule has 1 heterocycles. The van der Waals surface area contributed by atoms with Gasteiger partial charge >= 0.3 is 7.82 Å². The van der Waals surface area contributed by atoms with Gasteiger partial charge in [0.25, 0.3) is 0 Å². The van der Waals surface area contributed by atoms with Crippen LogP contribution in [0.15, 0.2) is 54.7 Å². The van der Waals surface area contributed by atoms with Gasteiger partial charge in [0.15, 0.2) is 5.96 Å². The number of phosphoric acid groups is 1. The number of anilines is 1. The Kier molecular flexibility index (Phi) is 6.90. The number of nitrogens with one attached hydrogen (secondary N) is 2. The van der Waals surface area contributed by atoms with Crippen LogP contribution in [0.4, 0.5) is 5.69 Å². The highest BCUT2D eigenvalue weighted by Gasteiger charge is 2.14. The zero-order valence-electron chi connectivity index (χ0n) is 14.4. The predicted octanol–water partition coefficient (Wildman–Crippen LogP) is 2.27. The molecule has 0 aliphatic carbocycles. The molecule has 3 rings (SSSR count). The summed E-state index contributed by atoms with van der Waals surface area (Å²) in [6.45, 7) is -0.218. The molecule has 6 N–H and O–H groups in total. The summed E-state index contributed by atoms with van der Waals surface area (Å²) in [6, 6.07) is 14.1. The second-order valence-electron chi connectivity index (χ2n) is 5.60. The lowest BCUT2D eigenvalue weighted by atomic mass is 10.1. The molecule has 1 aromatic heterocycles. The third kappa shape index (κ3) is 5.88. The minimum absolute atomic E-state index is 0. The SMILES string of the molecule is Cl.N=C(N)Nc1ccc(-c2cn(-c3cccc(COP(=O)(O)O)c3)nn2)cc1. The average Bonchev–Trinajstić information content (AvgIpc) is 3.10. The van der Waals surface area contributed by atoms with Gasteiger partial charge in [0.2, 0.25) is 0 Å². The Morgan fingerprint density at radius 2 is 1.96 bits per heavy atom. The third-order valence-corrected chi connectivity index (χ3v) is 3.99. The molecule has 0 unspecified atom stereocenters. The van der Waals surface area contributed by atoms with Crippen molar-refractivity contribution >= 4 is 31.9 Å². The lowest BCUT2D eigenvalue weighted by Crippen LogP contribution is -2.20. The first-order valence-electron chi connectivity index (χ1n) is 7.73. The van der Waals surface area contributed by atoms with Crippen molar-refractivity contribution in [2.45, 2.75) is 6.61 Å². The smallest absolute Gasteiger partial charge is 0.370 e. The summed E-state index contributed by atoms with van der Waals surface area (Å²) in [7, 11) is -4.53. The number of phosphoric ester groups is 1. The zero-order chi connectivity index (χ0) is 19.4. The number of guanidine groups is 1. The quantitative estimate of drug-likeness (QED) is 0.229. The van der Waals surface area contributed by atoms with Gasteiger partial charge in [-0.1, -0.05) is 29.5 Å². The fraction of sp³-hybridized carbons (Fsp3) is 0.0625. The van der Waals surface area contributed by atoms with Crippen molar-refractivity contribution in [3.05, 3.63) is 60.3 Å². The molecule has 0 bridgehead atoms. The highest BCUT2D eigenvalue weighted by atomic mass is 35.5. The van der Waals surface area contributed by atoms with Gasteiger partial charge in [0.1, 0.15) is 5.69 Å². The van der Waals surface area contributed by atoms with E-state index < -0.39 is 7.82 Å². The van der Waals surface area contributed by atoms with Crippen molar-refractivity contribution in [2.24, 2.45) is 5.73 Å². The molecule has 0 atom stereocenters. The van der Waals surface area contributed by atoms with Gasteiger partial charge in [-0.3, -0.25) is 9.93 Å². The van der Waals surface area contributed by atoms with Gasteiger partial charge in [-0.25, -0.2) is 9.25 Å². The minimum atomic E-state index is -4.53. The first-order valence-corrected chi connectivity index (χ1v) is 9.26. The third-order valence-electron chi connectivity index (χ3n) is 3.53.